The molecule has 11 heteroatoms. The standard InChI is InChI=1S/C28H30FN9O/c1-39-27-3-2-18(10-34-27)14-38-22-6-23(38)17-37(16-22)26-13-32-25(12-33-26)24-7-21(36-5-4-20(29)15-36)11-35-28(24)19(8-30)9-31/h2-3,7-8,10-13,20,22-23,30,35H,4-6,14-17H2,1H3/b28-19+,30-8?/t20-,22?,23?/m0/s1. The van der Waals surface area contributed by atoms with Crippen LogP contribution in [0.25, 0.3) is 5.57 Å². The summed E-state index contributed by atoms with van der Waals surface area (Å²) in [5.74, 6) is 1.44. The van der Waals surface area contributed by atoms with Gasteiger partial charge in [0.1, 0.15) is 18.1 Å². The maximum atomic E-state index is 13.8. The van der Waals surface area contributed by atoms with Crippen molar-refractivity contribution < 1.29 is 9.13 Å². The Morgan fingerprint density at radius 2 is 2.03 bits per heavy atom. The molecule has 0 spiro atoms. The third-order valence-corrected chi connectivity index (χ3v) is 7.91. The van der Waals surface area contributed by atoms with Crippen molar-refractivity contribution in [3.63, 3.8) is 0 Å². The van der Waals surface area contributed by atoms with E-state index in [-0.39, 0.29) is 5.57 Å². The number of aromatic nitrogens is 3. The number of ether oxygens (including phenoxy) is 1. The maximum Gasteiger partial charge on any atom is 0.212 e. The molecule has 0 aliphatic carbocycles. The van der Waals surface area contributed by atoms with E-state index in [0.29, 0.717) is 54.4 Å². The van der Waals surface area contributed by atoms with Crippen molar-refractivity contribution in [1.82, 2.24) is 30.1 Å². The highest BCUT2D eigenvalue weighted by molar-refractivity contribution is 5.92. The number of halogens is 1. The molecule has 5 aliphatic rings. The molecule has 5 aliphatic heterocycles. The van der Waals surface area contributed by atoms with E-state index in [1.54, 1.807) is 25.7 Å². The molecule has 4 saturated heterocycles. The molecule has 7 heterocycles. The van der Waals surface area contributed by atoms with Crippen LogP contribution < -0.4 is 15.0 Å². The van der Waals surface area contributed by atoms with Gasteiger partial charge >= 0.3 is 0 Å². The van der Waals surface area contributed by atoms with Gasteiger partial charge in [0.25, 0.3) is 0 Å². The number of nitrogens with zero attached hydrogens (tertiary/aromatic N) is 7. The lowest BCUT2D eigenvalue weighted by Crippen LogP contribution is -2.68. The van der Waals surface area contributed by atoms with Gasteiger partial charge in [-0.1, -0.05) is 6.07 Å². The van der Waals surface area contributed by atoms with Gasteiger partial charge in [0.15, 0.2) is 0 Å². The number of hydrogen-bond acceptors (Lipinski definition) is 10. The van der Waals surface area contributed by atoms with Gasteiger partial charge in [0.2, 0.25) is 5.88 Å². The number of dihydropyridines is 1. The van der Waals surface area contributed by atoms with E-state index in [0.717, 1.165) is 37.4 Å². The van der Waals surface area contributed by atoms with Gasteiger partial charge < -0.3 is 25.3 Å². The first-order valence-electron chi connectivity index (χ1n) is 13.1. The van der Waals surface area contributed by atoms with Gasteiger partial charge in [0, 0.05) is 75.1 Å². The Morgan fingerprint density at radius 1 is 1.18 bits per heavy atom. The van der Waals surface area contributed by atoms with Gasteiger partial charge in [-0.15, -0.1) is 0 Å². The van der Waals surface area contributed by atoms with Crippen LogP contribution in [-0.4, -0.2) is 82.5 Å². The SMILES string of the molecule is COc1ccc(CN2C3CC2CN(c2cnc(C4=CC(N5CC[C@H](F)C5)=CN/C4=C(/C#N)C=N)cn2)C3)cn1. The molecule has 2 N–H and O–H groups in total. The fraction of sp³-hybridized carbons (Fsp3) is 0.393. The van der Waals surface area contributed by atoms with Gasteiger partial charge in [-0.05, 0) is 24.5 Å². The summed E-state index contributed by atoms with van der Waals surface area (Å²) in [6.45, 7) is 3.58. The van der Waals surface area contributed by atoms with Crippen LogP contribution in [0.5, 0.6) is 5.88 Å². The largest absolute Gasteiger partial charge is 0.481 e. The first-order chi connectivity index (χ1) is 19.1. The average Bonchev–Trinajstić information content (AvgIpc) is 3.43. The second-order valence-corrected chi connectivity index (χ2v) is 10.2. The van der Waals surface area contributed by atoms with Crippen LogP contribution in [0, 0.1) is 16.7 Å². The number of methoxy groups -OCH3 is 1. The highest BCUT2D eigenvalue weighted by Crippen LogP contribution is 2.36. The molecule has 2 aromatic rings. The van der Waals surface area contributed by atoms with Crippen LogP contribution in [-0.2, 0) is 6.54 Å². The molecule has 2 unspecified atom stereocenters. The zero-order valence-corrected chi connectivity index (χ0v) is 21.7. The number of nitriles is 1. The topological polar surface area (TPSA) is 117 Å². The van der Waals surface area contributed by atoms with E-state index in [9.17, 15) is 9.65 Å². The first-order valence-corrected chi connectivity index (χ1v) is 13.1. The van der Waals surface area contributed by atoms with E-state index < -0.39 is 6.17 Å². The number of nitrogens with one attached hydrogen (secondary N) is 2. The third-order valence-electron chi connectivity index (χ3n) is 7.91. The van der Waals surface area contributed by atoms with E-state index >= 15 is 0 Å². The average molecular weight is 528 g/mol. The minimum atomic E-state index is -0.852. The second-order valence-electron chi connectivity index (χ2n) is 10.2. The van der Waals surface area contributed by atoms with E-state index in [2.05, 4.69) is 32.2 Å². The molecule has 39 heavy (non-hydrogen) atoms. The minimum Gasteiger partial charge on any atom is -0.481 e. The normalized spacial score (nSPS) is 25.6. The number of piperidine rings is 1. The minimum absolute atomic E-state index is 0.190. The highest BCUT2D eigenvalue weighted by atomic mass is 19.1. The fourth-order valence-electron chi connectivity index (χ4n) is 5.80. The van der Waals surface area contributed by atoms with Crippen LogP contribution in [0.3, 0.4) is 0 Å². The van der Waals surface area contributed by atoms with Gasteiger partial charge in [-0.25, -0.2) is 14.4 Å². The second kappa shape index (κ2) is 10.5. The van der Waals surface area contributed by atoms with Crippen molar-refractivity contribution in [2.24, 2.45) is 0 Å². The summed E-state index contributed by atoms with van der Waals surface area (Å²) in [4.78, 5) is 20.5. The summed E-state index contributed by atoms with van der Waals surface area (Å²) in [6.07, 6.45) is 10.9. The molecule has 0 saturated carbocycles. The van der Waals surface area contributed by atoms with Crippen molar-refractivity contribution >= 4 is 17.6 Å². The maximum absolute atomic E-state index is 13.8. The third kappa shape index (κ3) is 4.83. The van der Waals surface area contributed by atoms with Crippen LogP contribution >= 0.6 is 0 Å². The Hall–Kier alpha value is -4.30. The van der Waals surface area contributed by atoms with Crippen molar-refractivity contribution in [3.05, 3.63) is 71.2 Å². The summed E-state index contributed by atoms with van der Waals surface area (Å²) >= 11 is 0. The predicted octanol–water partition coefficient (Wildman–Crippen LogP) is 2.64. The number of alkyl halides is 1. The highest BCUT2D eigenvalue weighted by Gasteiger charge is 2.44. The summed E-state index contributed by atoms with van der Waals surface area (Å²) in [5.41, 5.74) is 3.94. The molecular weight excluding hydrogens is 497 g/mol. The van der Waals surface area contributed by atoms with E-state index in [1.807, 2.05) is 23.2 Å². The lowest BCUT2D eigenvalue weighted by molar-refractivity contribution is -0.00879. The van der Waals surface area contributed by atoms with E-state index in [1.165, 1.54) is 12.0 Å². The van der Waals surface area contributed by atoms with E-state index in [4.69, 9.17) is 20.1 Å². The zero-order valence-electron chi connectivity index (χ0n) is 21.7. The Morgan fingerprint density at radius 3 is 2.64 bits per heavy atom. The molecule has 3 atom stereocenters. The molecule has 0 aromatic carbocycles. The predicted molar refractivity (Wildman–Crippen MR) is 144 cm³/mol. The van der Waals surface area contributed by atoms with Crippen LogP contribution in [0.4, 0.5) is 10.2 Å². The number of rotatable bonds is 7. The summed E-state index contributed by atoms with van der Waals surface area (Å²) in [6, 6.07) is 6.93. The molecule has 200 valence electrons. The smallest absolute Gasteiger partial charge is 0.212 e. The van der Waals surface area contributed by atoms with Gasteiger partial charge in [-0.3, -0.25) is 9.88 Å². The number of allylic oxidation sites excluding steroid dienone is 3. The zero-order chi connectivity index (χ0) is 26.9. The van der Waals surface area contributed by atoms with Gasteiger partial charge in [0.05, 0.1) is 42.2 Å². The summed E-state index contributed by atoms with van der Waals surface area (Å²) in [5, 5.41) is 20.4. The number of anilines is 1. The molecule has 4 fully saturated rings. The number of hydrogen-bond donors (Lipinski definition) is 2. The summed E-state index contributed by atoms with van der Waals surface area (Å²) < 4.78 is 19.0. The Balaban J connectivity index is 1.17. The van der Waals surface area contributed by atoms with Crippen LogP contribution in [0.1, 0.15) is 24.1 Å². The number of piperazine rings is 1. The van der Waals surface area contributed by atoms with Crippen LogP contribution in [0.15, 0.2) is 60.0 Å². The molecule has 7 rings (SSSR count). The van der Waals surface area contributed by atoms with Gasteiger partial charge in [-0.2, -0.15) is 5.26 Å². The number of pyridine rings is 1. The Labute approximate surface area is 226 Å². The van der Waals surface area contributed by atoms with Crippen molar-refractivity contribution in [1.29, 1.82) is 10.7 Å². The molecule has 0 amide bonds. The molecular formula is C28H30FN9O. The molecule has 2 aromatic heterocycles. The van der Waals surface area contributed by atoms with Crippen molar-refractivity contribution in [3.8, 4) is 11.9 Å². The monoisotopic (exact) mass is 527 g/mol. The lowest BCUT2D eigenvalue weighted by atomic mass is 9.87. The quantitative estimate of drug-likeness (QED) is 0.414. The fourth-order valence-corrected chi connectivity index (χ4v) is 5.80. The number of fused-ring (bicyclic) bond motifs is 2. The number of likely N-dealkylation sites (tertiary alicyclic amines) is 1. The first kappa shape index (κ1) is 25.0. The lowest BCUT2D eigenvalue weighted by Gasteiger charge is -2.56. The Bertz CT molecular complexity index is 1370. The van der Waals surface area contributed by atoms with Crippen LogP contribution in [0.2, 0.25) is 0 Å². The van der Waals surface area contributed by atoms with Crippen molar-refractivity contribution in [2.75, 3.05) is 38.2 Å². The van der Waals surface area contributed by atoms with Crippen molar-refractivity contribution in [2.45, 2.75) is 37.6 Å². The molecule has 0 radical (unpaired) electrons. The molecule has 10 nitrogen and oxygen atoms in total. The Kier molecular flexibility index (Phi) is 6.70. The molecule has 2 bridgehead atoms. The summed E-state index contributed by atoms with van der Waals surface area (Å²) in [7, 11) is 1.62.